The molecule has 0 saturated carbocycles. The molecule has 0 radical (unpaired) electrons. The number of para-hydroxylation sites is 1. The average molecular weight is 283 g/mol. The molecule has 0 spiro atoms. The molecule has 6 nitrogen and oxygen atoms in total. The monoisotopic (exact) mass is 283 g/mol. The number of hydrazine groups is 1. The quantitative estimate of drug-likeness (QED) is 0.660. The van der Waals surface area contributed by atoms with Crippen LogP contribution in [0.3, 0.4) is 0 Å². The molecule has 0 aliphatic carbocycles. The Hall–Kier alpha value is -2.65. The van der Waals surface area contributed by atoms with Crippen molar-refractivity contribution in [3.05, 3.63) is 35.9 Å². The van der Waals surface area contributed by atoms with E-state index in [1.165, 1.54) is 0 Å². The highest BCUT2D eigenvalue weighted by Gasteiger charge is 2.20. The molecule has 1 unspecified atom stereocenters. The zero-order valence-electron chi connectivity index (χ0n) is 12.0. The van der Waals surface area contributed by atoms with Gasteiger partial charge in [0, 0.05) is 18.5 Å². The normalized spacial score (nSPS) is 11.7. The summed E-state index contributed by atoms with van der Waals surface area (Å²) in [6.07, 6.45) is 0.285. The molecule has 3 N–H and O–H groups in total. The molecule has 2 rings (SSSR count). The largest absolute Gasteiger partial charge is 0.338 e. The Morgan fingerprint density at radius 3 is 2.90 bits per heavy atom. The number of hydrogen-bond donors (Lipinski definition) is 2. The highest BCUT2D eigenvalue weighted by molar-refractivity contribution is 6.07. The number of carbonyl (C=O) groups is 1. The molecule has 0 aliphatic rings. The fourth-order valence-corrected chi connectivity index (χ4v) is 2.09. The number of benzene rings is 1. The van der Waals surface area contributed by atoms with Gasteiger partial charge < -0.3 is 10.3 Å². The SMILES string of the molecule is CC(CC#N)N(C)C(=O)c1cc(NN)nc2ccccc12. The van der Waals surface area contributed by atoms with Crippen LogP contribution in [0.5, 0.6) is 0 Å². The van der Waals surface area contributed by atoms with E-state index in [1.807, 2.05) is 31.2 Å². The number of fused-ring (bicyclic) bond motifs is 1. The van der Waals surface area contributed by atoms with Gasteiger partial charge in [-0.05, 0) is 19.1 Å². The number of nitrogens with two attached hydrogens (primary N) is 1. The van der Waals surface area contributed by atoms with Crippen molar-refractivity contribution in [2.75, 3.05) is 12.5 Å². The van der Waals surface area contributed by atoms with Gasteiger partial charge in [-0.1, -0.05) is 18.2 Å². The van der Waals surface area contributed by atoms with Crippen LogP contribution in [0.4, 0.5) is 5.82 Å². The van der Waals surface area contributed by atoms with E-state index in [9.17, 15) is 4.79 Å². The van der Waals surface area contributed by atoms with Crippen molar-refractivity contribution in [2.45, 2.75) is 19.4 Å². The Morgan fingerprint density at radius 2 is 2.24 bits per heavy atom. The number of rotatable bonds is 4. The summed E-state index contributed by atoms with van der Waals surface area (Å²) in [6, 6.07) is 10.9. The summed E-state index contributed by atoms with van der Waals surface area (Å²) in [4.78, 5) is 18.5. The van der Waals surface area contributed by atoms with Gasteiger partial charge >= 0.3 is 0 Å². The number of nitrogens with one attached hydrogen (secondary N) is 1. The highest BCUT2D eigenvalue weighted by atomic mass is 16.2. The number of nitrogen functional groups attached to an aromatic ring is 1. The lowest BCUT2D eigenvalue weighted by molar-refractivity contribution is 0.0748. The van der Waals surface area contributed by atoms with Crippen molar-refractivity contribution in [3.8, 4) is 6.07 Å². The minimum Gasteiger partial charge on any atom is -0.338 e. The molecule has 0 aliphatic heterocycles. The van der Waals surface area contributed by atoms with E-state index in [2.05, 4.69) is 16.5 Å². The maximum absolute atomic E-state index is 12.7. The van der Waals surface area contributed by atoms with Crippen LogP contribution in [-0.2, 0) is 0 Å². The summed E-state index contributed by atoms with van der Waals surface area (Å²) in [6.45, 7) is 1.84. The molecule has 0 fully saturated rings. The second kappa shape index (κ2) is 6.20. The first-order valence-electron chi connectivity index (χ1n) is 6.59. The van der Waals surface area contributed by atoms with Gasteiger partial charge in [0.2, 0.25) is 0 Å². The van der Waals surface area contributed by atoms with Gasteiger partial charge in [0.1, 0.15) is 5.82 Å². The third-order valence-corrected chi connectivity index (χ3v) is 3.46. The molecule has 0 bridgehead atoms. The maximum atomic E-state index is 12.7. The zero-order valence-corrected chi connectivity index (χ0v) is 12.0. The van der Waals surface area contributed by atoms with Crippen LogP contribution in [0.2, 0.25) is 0 Å². The molecule has 0 saturated heterocycles. The van der Waals surface area contributed by atoms with Crippen LogP contribution in [0.15, 0.2) is 30.3 Å². The van der Waals surface area contributed by atoms with Crippen molar-refractivity contribution in [2.24, 2.45) is 5.84 Å². The molecule has 1 heterocycles. The summed E-state index contributed by atoms with van der Waals surface area (Å²) in [5.74, 6) is 5.68. The second-order valence-electron chi connectivity index (χ2n) is 4.84. The molecule has 1 amide bonds. The number of anilines is 1. The number of amides is 1. The van der Waals surface area contributed by atoms with Crippen LogP contribution in [0.25, 0.3) is 10.9 Å². The molecule has 1 aromatic carbocycles. The minimum absolute atomic E-state index is 0.159. The Kier molecular flexibility index (Phi) is 4.36. The molecule has 1 aromatic heterocycles. The topological polar surface area (TPSA) is 95.0 Å². The standard InChI is InChI=1S/C15H17N5O/c1-10(7-8-16)20(2)15(21)12-9-14(19-17)18-13-6-4-3-5-11(12)13/h3-6,9-10H,7,17H2,1-2H3,(H,18,19). The van der Waals surface area contributed by atoms with Gasteiger partial charge in [-0.25, -0.2) is 10.8 Å². The first-order valence-corrected chi connectivity index (χ1v) is 6.59. The van der Waals surface area contributed by atoms with Crippen LogP contribution in [0, 0.1) is 11.3 Å². The van der Waals surface area contributed by atoms with E-state index in [1.54, 1.807) is 18.0 Å². The molecule has 2 aromatic rings. The van der Waals surface area contributed by atoms with E-state index < -0.39 is 0 Å². The number of hydrogen-bond acceptors (Lipinski definition) is 5. The van der Waals surface area contributed by atoms with Gasteiger partial charge in [0.25, 0.3) is 5.91 Å². The van der Waals surface area contributed by atoms with Gasteiger partial charge in [-0.3, -0.25) is 4.79 Å². The van der Waals surface area contributed by atoms with Crippen molar-refractivity contribution in [3.63, 3.8) is 0 Å². The first kappa shape index (κ1) is 14.8. The molecule has 1 atom stereocenters. The Bertz CT molecular complexity index is 707. The first-order chi connectivity index (χ1) is 10.1. The fourth-order valence-electron chi connectivity index (χ4n) is 2.09. The van der Waals surface area contributed by atoms with Gasteiger partial charge in [-0.2, -0.15) is 5.26 Å². The van der Waals surface area contributed by atoms with Crippen molar-refractivity contribution in [1.82, 2.24) is 9.88 Å². The van der Waals surface area contributed by atoms with Crippen molar-refractivity contribution < 1.29 is 4.79 Å². The van der Waals surface area contributed by atoms with E-state index in [4.69, 9.17) is 11.1 Å². The summed E-state index contributed by atoms with van der Waals surface area (Å²) < 4.78 is 0. The number of carbonyl (C=O) groups excluding carboxylic acids is 1. The third kappa shape index (κ3) is 2.93. The zero-order chi connectivity index (χ0) is 15.4. The highest BCUT2D eigenvalue weighted by Crippen LogP contribution is 2.22. The fraction of sp³-hybridized carbons (Fsp3) is 0.267. The predicted molar refractivity (Wildman–Crippen MR) is 81.3 cm³/mol. The Labute approximate surface area is 123 Å². The second-order valence-corrected chi connectivity index (χ2v) is 4.84. The smallest absolute Gasteiger partial charge is 0.254 e. The van der Waals surface area contributed by atoms with Gasteiger partial charge in [0.05, 0.1) is 23.6 Å². The molecule has 108 valence electrons. The summed E-state index contributed by atoms with van der Waals surface area (Å²) in [7, 11) is 1.69. The molecule has 21 heavy (non-hydrogen) atoms. The minimum atomic E-state index is -0.163. The number of aromatic nitrogens is 1. The summed E-state index contributed by atoms with van der Waals surface area (Å²) in [5.41, 5.74) is 3.68. The lowest BCUT2D eigenvalue weighted by atomic mass is 10.1. The molecular weight excluding hydrogens is 266 g/mol. The van der Waals surface area contributed by atoms with E-state index in [0.717, 1.165) is 5.39 Å². The predicted octanol–water partition coefficient (Wildman–Crippen LogP) is 1.89. The van der Waals surface area contributed by atoms with Crippen LogP contribution in [-0.4, -0.2) is 28.9 Å². The number of nitrogens with zero attached hydrogens (tertiary/aromatic N) is 3. The summed E-state index contributed by atoms with van der Waals surface area (Å²) in [5, 5.41) is 9.53. The lowest BCUT2D eigenvalue weighted by Gasteiger charge is -2.23. The average Bonchev–Trinajstić information content (AvgIpc) is 2.52. The summed E-state index contributed by atoms with van der Waals surface area (Å²) >= 11 is 0. The molecular formula is C15H17N5O. The number of nitriles is 1. The van der Waals surface area contributed by atoms with Gasteiger partial charge in [0.15, 0.2) is 0 Å². The van der Waals surface area contributed by atoms with Crippen LogP contribution in [0.1, 0.15) is 23.7 Å². The van der Waals surface area contributed by atoms with Crippen molar-refractivity contribution in [1.29, 1.82) is 5.26 Å². The Morgan fingerprint density at radius 1 is 1.52 bits per heavy atom. The lowest BCUT2D eigenvalue weighted by Crippen LogP contribution is -2.35. The van der Waals surface area contributed by atoms with Crippen molar-refractivity contribution >= 4 is 22.6 Å². The van der Waals surface area contributed by atoms with Crippen LogP contribution >= 0.6 is 0 Å². The number of pyridine rings is 1. The molecule has 6 heteroatoms. The maximum Gasteiger partial charge on any atom is 0.254 e. The third-order valence-electron chi connectivity index (χ3n) is 3.46. The van der Waals surface area contributed by atoms with Gasteiger partial charge in [-0.15, -0.1) is 0 Å². The van der Waals surface area contributed by atoms with Crippen LogP contribution < -0.4 is 11.3 Å². The van der Waals surface area contributed by atoms with E-state index in [0.29, 0.717) is 16.9 Å². The van der Waals surface area contributed by atoms with E-state index >= 15 is 0 Å². The van der Waals surface area contributed by atoms with E-state index in [-0.39, 0.29) is 18.4 Å². The Balaban J connectivity index is 2.50.